The summed E-state index contributed by atoms with van der Waals surface area (Å²) in [6.45, 7) is 4.73. The van der Waals surface area contributed by atoms with Gasteiger partial charge >= 0.3 is 0 Å². The van der Waals surface area contributed by atoms with Crippen LogP contribution >= 0.6 is 0 Å². The molecule has 0 bridgehead atoms. The Morgan fingerprint density at radius 1 is 0.375 bits per heavy atom. The minimum absolute atomic E-state index is 0.0724. The van der Waals surface area contributed by atoms with Crippen LogP contribution in [0.15, 0.2) is 212 Å². The van der Waals surface area contributed by atoms with Crippen molar-refractivity contribution in [3.63, 3.8) is 0 Å². The number of para-hydroxylation sites is 2. The van der Waals surface area contributed by atoms with Crippen molar-refractivity contribution < 1.29 is 0 Å². The van der Waals surface area contributed by atoms with Gasteiger partial charge in [0.05, 0.1) is 11.0 Å². The molecule has 0 saturated heterocycles. The van der Waals surface area contributed by atoms with Crippen molar-refractivity contribution in [2.24, 2.45) is 0 Å². The Morgan fingerprint density at radius 2 is 0.906 bits per heavy atom. The van der Waals surface area contributed by atoms with E-state index < -0.39 is 0 Å². The molecule has 304 valence electrons. The topological polar surface area (TPSA) is 4.93 Å². The SMILES string of the molecule is CCC1(CC)c2cc(/C=C/c3ccc(-c4cc5ccccc5cc4-c4ccc(-c5ccccc5)cc4)c4ccccc34)ccc2-c2ccc(-n3c4ccccc4c4ccccc43)cc21. The zero-order chi connectivity index (χ0) is 42.8. The highest BCUT2D eigenvalue weighted by Gasteiger charge is 2.41. The lowest BCUT2D eigenvalue weighted by atomic mass is 9.73. The van der Waals surface area contributed by atoms with E-state index in [9.17, 15) is 0 Å². The summed E-state index contributed by atoms with van der Waals surface area (Å²) < 4.78 is 2.46. The average molecular weight is 818 g/mol. The van der Waals surface area contributed by atoms with Crippen LogP contribution in [0.4, 0.5) is 0 Å². The molecule has 1 nitrogen and oxygen atoms in total. The maximum Gasteiger partial charge on any atom is 0.0541 e. The molecule has 12 rings (SSSR count). The lowest BCUT2D eigenvalue weighted by Gasteiger charge is -2.30. The van der Waals surface area contributed by atoms with Gasteiger partial charge in [0.2, 0.25) is 0 Å². The first-order valence-corrected chi connectivity index (χ1v) is 22.8. The third-order valence-corrected chi connectivity index (χ3v) is 14.3. The number of aromatic nitrogens is 1. The summed E-state index contributed by atoms with van der Waals surface area (Å²) in [4.78, 5) is 0. The minimum atomic E-state index is -0.0724. The van der Waals surface area contributed by atoms with E-state index >= 15 is 0 Å². The standard InChI is InChI=1S/C63H47N/c1-3-63(4-2)59-38-42(27-35-53(59)54-37-34-49(41-60(54)63)64-61-24-14-12-22-55(61)56-23-13-15-25-62(56)64)26-28-45-33-36-52(51-21-11-10-20-50(45)51)58-40-48-19-9-8-18-47(48)39-57(58)46-31-29-44(30-32-46)43-16-6-5-7-17-43/h5-41H,3-4H2,1-2H3/b28-26+. The van der Waals surface area contributed by atoms with Crippen molar-refractivity contribution in [1.29, 1.82) is 0 Å². The number of hydrogen-bond acceptors (Lipinski definition) is 0. The fraction of sp³-hybridized carbons (Fsp3) is 0.0794. The lowest BCUT2D eigenvalue weighted by molar-refractivity contribution is 0.490. The molecule has 1 aromatic heterocycles. The van der Waals surface area contributed by atoms with Gasteiger partial charge in [0.25, 0.3) is 0 Å². The molecule has 10 aromatic carbocycles. The molecule has 0 radical (unpaired) electrons. The van der Waals surface area contributed by atoms with Gasteiger partial charge in [0, 0.05) is 21.9 Å². The highest BCUT2D eigenvalue weighted by atomic mass is 15.0. The van der Waals surface area contributed by atoms with E-state index in [-0.39, 0.29) is 5.41 Å². The first-order valence-electron chi connectivity index (χ1n) is 22.8. The van der Waals surface area contributed by atoms with E-state index in [0.29, 0.717) is 0 Å². The molecule has 1 aliphatic carbocycles. The molecule has 0 N–H and O–H groups in total. The number of hydrogen-bond donors (Lipinski definition) is 0. The first kappa shape index (κ1) is 38.0. The van der Waals surface area contributed by atoms with Crippen LogP contribution in [0.25, 0.3) is 106 Å². The van der Waals surface area contributed by atoms with Crippen LogP contribution in [-0.4, -0.2) is 4.57 Å². The van der Waals surface area contributed by atoms with Gasteiger partial charge in [0.15, 0.2) is 0 Å². The maximum absolute atomic E-state index is 2.49. The van der Waals surface area contributed by atoms with Crippen LogP contribution in [0.3, 0.4) is 0 Å². The van der Waals surface area contributed by atoms with Crippen LogP contribution in [0.5, 0.6) is 0 Å². The zero-order valence-corrected chi connectivity index (χ0v) is 36.2. The molecule has 0 atom stereocenters. The minimum Gasteiger partial charge on any atom is -0.309 e. The monoisotopic (exact) mass is 817 g/mol. The number of benzene rings is 10. The second-order valence-corrected chi connectivity index (χ2v) is 17.5. The summed E-state index contributed by atoms with van der Waals surface area (Å²) in [5, 5.41) is 7.57. The Balaban J connectivity index is 0.921. The van der Waals surface area contributed by atoms with Crippen LogP contribution in [0, 0.1) is 0 Å². The Labute approximate surface area is 375 Å². The van der Waals surface area contributed by atoms with Gasteiger partial charge in [-0.1, -0.05) is 202 Å². The van der Waals surface area contributed by atoms with E-state index in [4.69, 9.17) is 0 Å². The molecule has 0 unspecified atom stereocenters. The van der Waals surface area contributed by atoms with Crippen LogP contribution in [0.2, 0.25) is 0 Å². The Bertz CT molecular complexity index is 3560. The van der Waals surface area contributed by atoms with Gasteiger partial charge in [-0.25, -0.2) is 0 Å². The van der Waals surface area contributed by atoms with Crippen molar-refractivity contribution in [3.05, 3.63) is 235 Å². The highest BCUT2D eigenvalue weighted by Crippen LogP contribution is 2.54. The number of rotatable bonds is 8. The average Bonchev–Trinajstić information content (AvgIpc) is 3.85. The predicted octanol–water partition coefficient (Wildman–Crippen LogP) is 17.3. The third kappa shape index (κ3) is 5.99. The van der Waals surface area contributed by atoms with Gasteiger partial charge in [-0.05, 0) is 138 Å². The molecule has 0 fully saturated rings. The van der Waals surface area contributed by atoms with Crippen molar-refractivity contribution >= 4 is 55.5 Å². The van der Waals surface area contributed by atoms with Gasteiger partial charge in [-0.3, -0.25) is 0 Å². The molecule has 0 aliphatic heterocycles. The summed E-state index contributed by atoms with van der Waals surface area (Å²) in [5.41, 5.74) is 19.1. The van der Waals surface area contributed by atoms with Gasteiger partial charge < -0.3 is 4.57 Å². The van der Waals surface area contributed by atoms with Crippen LogP contribution in [0.1, 0.15) is 48.9 Å². The Hall–Kier alpha value is -7.74. The van der Waals surface area contributed by atoms with Crippen molar-refractivity contribution in [1.82, 2.24) is 4.57 Å². The smallest absolute Gasteiger partial charge is 0.0541 e. The van der Waals surface area contributed by atoms with Gasteiger partial charge in [-0.2, -0.15) is 0 Å². The fourth-order valence-corrected chi connectivity index (χ4v) is 11.0. The van der Waals surface area contributed by atoms with Gasteiger partial charge in [-0.15, -0.1) is 0 Å². The molecule has 64 heavy (non-hydrogen) atoms. The van der Waals surface area contributed by atoms with E-state index in [0.717, 1.165) is 12.8 Å². The molecule has 11 aromatic rings. The molecule has 1 heterocycles. The third-order valence-electron chi connectivity index (χ3n) is 14.3. The van der Waals surface area contributed by atoms with E-state index in [2.05, 4.69) is 243 Å². The fourth-order valence-electron chi connectivity index (χ4n) is 11.0. The summed E-state index contributed by atoms with van der Waals surface area (Å²) >= 11 is 0. The second-order valence-electron chi connectivity index (χ2n) is 17.5. The molecule has 1 heteroatoms. The summed E-state index contributed by atoms with van der Waals surface area (Å²) in [5.74, 6) is 0. The lowest BCUT2D eigenvalue weighted by Crippen LogP contribution is -2.23. The van der Waals surface area contributed by atoms with E-state index in [1.54, 1.807) is 0 Å². The summed E-state index contributed by atoms with van der Waals surface area (Å²) in [7, 11) is 0. The number of fused-ring (bicyclic) bond motifs is 8. The van der Waals surface area contributed by atoms with E-state index in [1.807, 2.05) is 0 Å². The van der Waals surface area contributed by atoms with E-state index in [1.165, 1.54) is 116 Å². The molecule has 0 spiro atoms. The normalized spacial score (nSPS) is 13.0. The molecule has 0 amide bonds. The summed E-state index contributed by atoms with van der Waals surface area (Å²) in [6.07, 6.45) is 6.71. The Morgan fingerprint density at radius 3 is 1.59 bits per heavy atom. The van der Waals surface area contributed by atoms with Crippen molar-refractivity contribution in [2.45, 2.75) is 32.1 Å². The summed E-state index contributed by atoms with van der Waals surface area (Å²) in [6, 6.07) is 78.7. The molecular formula is C63H47N. The maximum atomic E-state index is 2.49. The molecular weight excluding hydrogens is 771 g/mol. The first-order chi connectivity index (χ1) is 31.6. The highest BCUT2D eigenvalue weighted by molar-refractivity contribution is 6.10. The van der Waals surface area contributed by atoms with Gasteiger partial charge in [0.1, 0.15) is 0 Å². The van der Waals surface area contributed by atoms with Crippen molar-refractivity contribution in [3.8, 4) is 50.2 Å². The largest absolute Gasteiger partial charge is 0.309 e. The zero-order valence-electron chi connectivity index (χ0n) is 36.2. The second kappa shape index (κ2) is 15.3. The Kier molecular flexibility index (Phi) is 9.05. The van der Waals surface area contributed by atoms with Crippen molar-refractivity contribution in [2.75, 3.05) is 0 Å². The number of nitrogens with zero attached hydrogens (tertiary/aromatic N) is 1. The van der Waals surface area contributed by atoms with Crippen LogP contribution in [-0.2, 0) is 5.41 Å². The molecule has 1 aliphatic rings. The van der Waals surface area contributed by atoms with Crippen LogP contribution < -0.4 is 0 Å². The predicted molar refractivity (Wildman–Crippen MR) is 274 cm³/mol. The quantitative estimate of drug-likeness (QED) is 0.135. The molecule has 0 saturated carbocycles.